The average molecular weight is 270 g/mol. The summed E-state index contributed by atoms with van der Waals surface area (Å²) in [6, 6.07) is 9.68. The van der Waals surface area contributed by atoms with Gasteiger partial charge in [-0.3, -0.25) is 4.79 Å². The van der Waals surface area contributed by atoms with Gasteiger partial charge in [-0.05, 0) is 19.3 Å². The zero-order valence-electron chi connectivity index (χ0n) is 12.6. The smallest absolute Gasteiger partial charge is 0.170 e. The van der Waals surface area contributed by atoms with Crippen LogP contribution in [0.5, 0.6) is 0 Å². The zero-order chi connectivity index (χ0) is 14.2. The quantitative estimate of drug-likeness (QED) is 0.326. The van der Waals surface area contributed by atoms with Crippen LogP contribution >= 0.6 is 0 Å². The molecular weight excluding hydrogens is 244 g/mol. The van der Waals surface area contributed by atoms with E-state index in [2.05, 4.69) is 13.0 Å². The highest BCUT2D eigenvalue weighted by atomic mass is 16.1. The molecule has 0 spiro atoms. The van der Waals surface area contributed by atoms with Crippen LogP contribution in [0.1, 0.15) is 68.6 Å². The number of carbonyl (C=O) groups excluding carboxylic acids is 1. The number of benzene rings is 1. The van der Waals surface area contributed by atoms with Gasteiger partial charge in [-0.25, -0.2) is 0 Å². The van der Waals surface area contributed by atoms with Crippen molar-refractivity contribution in [1.82, 2.24) is 0 Å². The number of unbranched alkanes of at least 4 members (excludes halogenated alkanes) is 6. The fourth-order valence-electron chi connectivity index (χ4n) is 2.68. The second-order valence-corrected chi connectivity index (χ2v) is 5.82. The monoisotopic (exact) mass is 270 g/mol. The second-order valence-electron chi connectivity index (χ2n) is 5.82. The van der Waals surface area contributed by atoms with Crippen molar-refractivity contribution in [3.8, 4) is 0 Å². The molecule has 1 aliphatic carbocycles. The molecule has 0 aliphatic heterocycles. The Labute approximate surface area is 123 Å². The van der Waals surface area contributed by atoms with E-state index in [0.29, 0.717) is 5.78 Å². The van der Waals surface area contributed by atoms with Gasteiger partial charge in [-0.1, -0.05) is 81.0 Å². The molecule has 1 nitrogen and oxygen atoms in total. The molecule has 0 aromatic heterocycles. The average Bonchev–Trinajstić information content (AvgIpc) is 3.26. The first-order valence-electron chi connectivity index (χ1n) is 8.11. The summed E-state index contributed by atoms with van der Waals surface area (Å²) in [4.78, 5) is 12.2. The van der Waals surface area contributed by atoms with Crippen molar-refractivity contribution in [2.75, 3.05) is 0 Å². The fraction of sp³-hybridized carbons (Fsp3) is 0.526. The van der Waals surface area contributed by atoms with Gasteiger partial charge in [-0.2, -0.15) is 0 Å². The molecular formula is C19H26O. The predicted octanol–water partition coefficient (Wildman–Crippen LogP) is 5.57. The summed E-state index contributed by atoms with van der Waals surface area (Å²) in [5.41, 5.74) is 2.23. The third-order valence-electron chi connectivity index (χ3n) is 4.07. The lowest BCUT2D eigenvalue weighted by Gasteiger charge is -1.98. The summed E-state index contributed by atoms with van der Waals surface area (Å²) >= 11 is 0. The molecule has 1 saturated carbocycles. The molecule has 1 aromatic rings. The van der Waals surface area contributed by atoms with E-state index < -0.39 is 0 Å². The summed E-state index contributed by atoms with van der Waals surface area (Å²) in [5, 5.41) is 0. The van der Waals surface area contributed by atoms with Crippen molar-refractivity contribution in [2.24, 2.45) is 5.92 Å². The van der Waals surface area contributed by atoms with E-state index in [9.17, 15) is 4.79 Å². The van der Waals surface area contributed by atoms with Gasteiger partial charge in [0.05, 0.1) is 0 Å². The van der Waals surface area contributed by atoms with Gasteiger partial charge < -0.3 is 0 Å². The summed E-state index contributed by atoms with van der Waals surface area (Å²) in [5.74, 6) is 0.497. The van der Waals surface area contributed by atoms with Crippen molar-refractivity contribution in [1.29, 1.82) is 0 Å². The van der Waals surface area contributed by atoms with Crippen molar-refractivity contribution in [2.45, 2.75) is 58.3 Å². The van der Waals surface area contributed by atoms with Crippen LogP contribution in [0.2, 0.25) is 0 Å². The molecule has 1 atom stereocenters. The molecule has 1 heteroatoms. The second kappa shape index (κ2) is 8.04. The molecule has 0 radical (unpaired) electrons. The molecule has 108 valence electrons. The Balaban J connectivity index is 1.64. The SMILES string of the molecule is CCCCCCCC/C=C1/CC1C(=O)c1ccccc1. The van der Waals surface area contributed by atoms with Gasteiger partial charge >= 0.3 is 0 Å². The largest absolute Gasteiger partial charge is 0.293 e. The van der Waals surface area contributed by atoms with Crippen LogP contribution in [0, 0.1) is 5.92 Å². The summed E-state index contributed by atoms with van der Waals surface area (Å²) in [6.07, 6.45) is 12.5. The van der Waals surface area contributed by atoms with Crippen molar-refractivity contribution < 1.29 is 4.79 Å². The van der Waals surface area contributed by atoms with Gasteiger partial charge in [0.25, 0.3) is 0 Å². The molecule has 2 rings (SSSR count). The van der Waals surface area contributed by atoms with Gasteiger partial charge in [-0.15, -0.1) is 0 Å². The van der Waals surface area contributed by atoms with E-state index in [1.807, 2.05) is 30.3 Å². The van der Waals surface area contributed by atoms with Crippen LogP contribution in [-0.4, -0.2) is 5.78 Å². The minimum Gasteiger partial charge on any atom is -0.293 e. The van der Waals surface area contributed by atoms with E-state index in [4.69, 9.17) is 0 Å². The number of carbonyl (C=O) groups is 1. The summed E-state index contributed by atoms with van der Waals surface area (Å²) in [6.45, 7) is 2.25. The lowest BCUT2D eigenvalue weighted by molar-refractivity contribution is 0.0972. The highest BCUT2D eigenvalue weighted by Crippen LogP contribution is 2.40. The molecule has 1 unspecified atom stereocenters. The van der Waals surface area contributed by atoms with E-state index in [1.165, 1.54) is 44.1 Å². The first-order chi connectivity index (χ1) is 9.83. The van der Waals surface area contributed by atoms with E-state index in [0.717, 1.165) is 18.4 Å². The van der Waals surface area contributed by atoms with Crippen LogP contribution in [0.3, 0.4) is 0 Å². The van der Waals surface area contributed by atoms with Gasteiger partial charge in [0, 0.05) is 11.5 Å². The number of hydrogen-bond donors (Lipinski definition) is 0. The van der Waals surface area contributed by atoms with Crippen LogP contribution in [0.4, 0.5) is 0 Å². The van der Waals surface area contributed by atoms with E-state index in [1.54, 1.807) is 0 Å². The lowest BCUT2D eigenvalue weighted by atomic mass is 10.1. The van der Waals surface area contributed by atoms with Crippen molar-refractivity contribution >= 4 is 5.78 Å². The molecule has 20 heavy (non-hydrogen) atoms. The maximum absolute atomic E-state index is 12.2. The fourth-order valence-corrected chi connectivity index (χ4v) is 2.68. The Morgan fingerprint density at radius 2 is 1.80 bits per heavy atom. The Bertz CT molecular complexity index is 444. The minimum atomic E-state index is 0.192. The number of rotatable bonds is 9. The molecule has 1 aliphatic rings. The molecule has 0 heterocycles. The van der Waals surface area contributed by atoms with Gasteiger partial charge in [0.1, 0.15) is 0 Å². The standard InChI is InChI=1S/C19H26O/c1-2-3-4-5-6-7-9-14-17-15-18(17)19(20)16-12-10-8-11-13-16/h8,10-14,18H,2-7,9,15H2,1H3/b17-14-. The number of Topliss-reactive ketones (excluding diaryl/α,β-unsaturated/α-hetero) is 1. The maximum atomic E-state index is 12.2. The highest BCUT2D eigenvalue weighted by Gasteiger charge is 2.36. The molecule has 0 N–H and O–H groups in total. The molecule has 0 amide bonds. The summed E-state index contributed by atoms with van der Waals surface area (Å²) < 4.78 is 0. The minimum absolute atomic E-state index is 0.192. The van der Waals surface area contributed by atoms with Gasteiger partial charge in [0.15, 0.2) is 5.78 Å². The van der Waals surface area contributed by atoms with E-state index in [-0.39, 0.29) is 5.92 Å². The highest BCUT2D eigenvalue weighted by molar-refractivity contribution is 6.02. The Morgan fingerprint density at radius 1 is 1.10 bits per heavy atom. The molecule has 0 bridgehead atoms. The predicted molar refractivity (Wildman–Crippen MR) is 85.0 cm³/mol. The number of ketones is 1. The van der Waals surface area contributed by atoms with Crippen molar-refractivity contribution in [3.63, 3.8) is 0 Å². The number of allylic oxidation sites excluding steroid dienone is 2. The van der Waals surface area contributed by atoms with Crippen molar-refractivity contribution in [3.05, 3.63) is 47.5 Å². The summed E-state index contributed by atoms with van der Waals surface area (Å²) in [7, 11) is 0. The van der Waals surface area contributed by atoms with Crippen LogP contribution in [-0.2, 0) is 0 Å². The third-order valence-corrected chi connectivity index (χ3v) is 4.07. The molecule has 1 aromatic carbocycles. The van der Waals surface area contributed by atoms with Gasteiger partial charge in [0.2, 0.25) is 0 Å². The topological polar surface area (TPSA) is 17.1 Å². The van der Waals surface area contributed by atoms with Crippen LogP contribution < -0.4 is 0 Å². The van der Waals surface area contributed by atoms with Crippen LogP contribution in [0.25, 0.3) is 0 Å². The third kappa shape index (κ3) is 4.63. The Kier molecular flexibility index (Phi) is 6.04. The zero-order valence-corrected chi connectivity index (χ0v) is 12.6. The number of hydrogen-bond acceptors (Lipinski definition) is 1. The lowest BCUT2D eigenvalue weighted by Crippen LogP contribution is -2.00. The Hall–Kier alpha value is -1.37. The normalized spacial score (nSPS) is 19.2. The Morgan fingerprint density at radius 3 is 2.55 bits per heavy atom. The molecule has 0 saturated heterocycles. The maximum Gasteiger partial charge on any atom is 0.170 e. The molecule has 1 fully saturated rings. The first kappa shape index (κ1) is 15.0. The van der Waals surface area contributed by atoms with E-state index >= 15 is 0 Å². The van der Waals surface area contributed by atoms with Crippen LogP contribution in [0.15, 0.2) is 42.0 Å². The first-order valence-corrected chi connectivity index (χ1v) is 8.11.